The molecule has 0 rings (SSSR count). The molecule has 0 fully saturated rings. The number of allylic oxidation sites excluding steroid dienone is 2. The lowest BCUT2D eigenvalue weighted by atomic mass is 10.2. The molecule has 0 aliphatic heterocycles. The Hall–Kier alpha value is -1.90. The Balaban J connectivity index is 4.63. The van der Waals surface area contributed by atoms with Gasteiger partial charge in [-0.15, -0.1) is 0 Å². The summed E-state index contributed by atoms with van der Waals surface area (Å²) in [5.41, 5.74) is 0.505. The first kappa shape index (κ1) is 13.1. The van der Waals surface area contributed by atoms with Crippen molar-refractivity contribution in [2.75, 3.05) is 0 Å². The average Bonchev–Trinajstić information content (AvgIpc) is 2.21. The Bertz CT molecular complexity index is 312. The van der Waals surface area contributed by atoms with Crippen molar-refractivity contribution in [2.24, 2.45) is 0 Å². The van der Waals surface area contributed by atoms with E-state index in [1.165, 1.54) is 24.3 Å². The van der Waals surface area contributed by atoms with Gasteiger partial charge in [0, 0.05) is 0 Å². The van der Waals surface area contributed by atoms with E-state index in [2.05, 4.69) is 17.9 Å². The number of carbonyl (C=O) groups excluding carboxylic acids is 2. The van der Waals surface area contributed by atoms with Crippen LogP contribution in [0.2, 0.25) is 0 Å². The number of esters is 2. The maximum Gasteiger partial charge on any atom is 0.345 e. The summed E-state index contributed by atoms with van der Waals surface area (Å²) in [5, 5.41) is 0. The molecule has 0 spiro atoms. The molecule has 0 saturated carbocycles. The molecule has 0 aromatic rings. The predicted molar refractivity (Wildman–Crippen MR) is 59.0 cm³/mol. The fraction of sp³-hybridized carbons (Fsp3) is 0.167. The van der Waals surface area contributed by atoms with E-state index in [4.69, 9.17) is 0 Å². The fourth-order valence-corrected chi connectivity index (χ4v) is 0.840. The van der Waals surface area contributed by atoms with Crippen molar-refractivity contribution in [3.63, 3.8) is 0 Å². The van der Waals surface area contributed by atoms with Crippen LogP contribution in [-0.2, 0) is 14.3 Å². The minimum atomic E-state index is -0.710. The van der Waals surface area contributed by atoms with Gasteiger partial charge in [0.1, 0.15) is 0 Å². The molecule has 0 radical (unpaired) electrons. The van der Waals surface area contributed by atoms with Crippen LogP contribution in [0.1, 0.15) is 13.8 Å². The van der Waals surface area contributed by atoms with Crippen molar-refractivity contribution in [3.05, 3.63) is 48.6 Å². The van der Waals surface area contributed by atoms with Gasteiger partial charge in [-0.1, -0.05) is 37.5 Å². The van der Waals surface area contributed by atoms with Gasteiger partial charge >= 0.3 is 11.9 Å². The van der Waals surface area contributed by atoms with Crippen molar-refractivity contribution in [1.29, 1.82) is 0 Å². The Labute approximate surface area is 89.4 Å². The largest absolute Gasteiger partial charge is 0.386 e. The summed E-state index contributed by atoms with van der Waals surface area (Å²) in [4.78, 5) is 22.6. The zero-order valence-electron chi connectivity index (χ0n) is 8.95. The smallest absolute Gasteiger partial charge is 0.345 e. The van der Waals surface area contributed by atoms with Crippen LogP contribution in [-0.4, -0.2) is 11.9 Å². The number of ether oxygens (including phenoxy) is 1. The highest BCUT2D eigenvalue weighted by atomic mass is 16.6. The molecule has 0 aliphatic rings. The lowest BCUT2D eigenvalue weighted by Gasteiger charge is -2.02. The van der Waals surface area contributed by atoms with Gasteiger partial charge in [-0.2, -0.15) is 0 Å². The lowest BCUT2D eigenvalue weighted by molar-refractivity contribution is -0.153. The zero-order valence-corrected chi connectivity index (χ0v) is 8.95. The molecule has 0 unspecified atom stereocenters. The summed E-state index contributed by atoms with van der Waals surface area (Å²) >= 11 is 0. The van der Waals surface area contributed by atoms with E-state index in [-0.39, 0.29) is 11.1 Å². The summed E-state index contributed by atoms with van der Waals surface area (Å²) < 4.78 is 4.58. The number of carbonyl (C=O) groups is 2. The summed E-state index contributed by atoms with van der Waals surface area (Å²) in [5.74, 6) is -1.42. The molecule has 3 nitrogen and oxygen atoms in total. The molecule has 0 saturated heterocycles. The Morgan fingerprint density at radius 1 is 0.933 bits per heavy atom. The Kier molecular flexibility index (Phi) is 5.71. The molecule has 15 heavy (non-hydrogen) atoms. The highest BCUT2D eigenvalue weighted by molar-refractivity contribution is 6.04. The van der Waals surface area contributed by atoms with Crippen molar-refractivity contribution < 1.29 is 14.3 Å². The standard InChI is InChI=1S/C12H14O3/c1-5-9(6-2)11(13)15-12(14)10(7-3)8-4/h5-8H,1,3H2,2,4H3. The molecule has 0 heterocycles. The minimum Gasteiger partial charge on any atom is -0.386 e. The quantitative estimate of drug-likeness (QED) is 0.307. The first-order valence-electron chi connectivity index (χ1n) is 4.44. The maximum atomic E-state index is 11.3. The number of rotatable bonds is 4. The molecule has 3 heteroatoms. The molecule has 0 bridgehead atoms. The molecule has 0 N–H and O–H groups in total. The minimum absolute atomic E-state index is 0.253. The van der Waals surface area contributed by atoms with E-state index in [0.717, 1.165) is 0 Å². The SMILES string of the molecule is C=CC(=CC)C(=O)OC(=O)C(C=C)=CC. The number of hydrogen-bond donors (Lipinski definition) is 0. The summed E-state index contributed by atoms with van der Waals surface area (Å²) in [6, 6.07) is 0. The zero-order chi connectivity index (χ0) is 11.8. The molecular formula is C12H14O3. The van der Waals surface area contributed by atoms with Crippen LogP contribution in [0.4, 0.5) is 0 Å². The predicted octanol–water partition coefficient (Wildman–Crippen LogP) is 2.32. The van der Waals surface area contributed by atoms with Gasteiger partial charge in [0.25, 0.3) is 0 Å². The van der Waals surface area contributed by atoms with Gasteiger partial charge in [0.15, 0.2) is 0 Å². The van der Waals surface area contributed by atoms with E-state index in [0.29, 0.717) is 0 Å². The molecule has 80 valence electrons. The molecule has 0 aromatic carbocycles. The van der Waals surface area contributed by atoms with Crippen LogP contribution in [0, 0.1) is 0 Å². The summed E-state index contributed by atoms with van der Waals surface area (Å²) in [7, 11) is 0. The Morgan fingerprint density at radius 3 is 1.47 bits per heavy atom. The van der Waals surface area contributed by atoms with Crippen LogP contribution in [0.5, 0.6) is 0 Å². The van der Waals surface area contributed by atoms with Gasteiger partial charge in [0.2, 0.25) is 0 Å². The maximum absolute atomic E-state index is 11.3. The second-order valence-corrected chi connectivity index (χ2v) is 2.57. The van der Waals surface area contributed by atoms with Crippen LogP contribution >= 0.6 is 0 Å². The van der Waals surface area contributed by atoms with Crippen molar-refractivity contribution in [1.82, 2.24) is 0 Å². The van der Waals surface area contributed by atoms with E-state index < -0.39 is 11.9 Å². The second-order valence-electron chi connectivity index (χ2n) is 2.57. The molecule has 0 amide bonds. The Morgan fingerprint density at radius 2 is 1.27 bits per heavy atom. The third kappa shape index (κ3) is 3.77. The van der Waals surface area contributed by atoms with Gasteiger partial charge in [-0.25, -0.2) is 9.59 Å². The molecule has 0 atom stereocenters. The van der Waals surface area contributed by atoms with Crippen molar-refractivity contribution >= 4 is 11.9 Å². The van der Waals surface area contributed by atoms with Gasteiger partial charge in [-0.3, -0.25) is 0 Å². The molecule has 0 aliphatic carbocycles. The van der Waals surface area contributed by atoms with Gasteiger partial charge in [-0.05, 0) is 13.8 Å². The highest BCUT2D eigenvalue weighted by Gasteiger charge is 2.14. The number of hydrogen-bond acceptors (Lipinski definition) is 3. The molecule has 0 aromatic heterocycles. The van der Waals surface area contributed by atoms with Gasteiger partial charge in [0.05, 0.1) is 11.1 Å². The van der Waals surface area contributed by atoms with Gasteiger partial charge < -0.3 is 4.74 Å². The van der Waals surface area contributed by atoms with E-state index in [1.54, 1.807) is 13.8 Å². The summed E-state index contributed by atoms with van der Waals surface area (Å²) in [6.07, 6.45) is 5.70. The van der Waals surface area contributed by atoms with Crippen LogP contribution in [0.15, 0.2) is 48.6 Å². The fourth-order valence-electron chi connectivity index (χ4n) is 0.840. The first-order valence-corrected chi connectivity index (χ1v) is 4.44. The van der Waals surface area contributed by atoms with E-state index in [1.807, 2.05) is 0 Å². The average molecular weight is 206 g/mol. The van der Waals surface area contributed by atoms with Crippen LogP contribution in [0.3, 0.4) is 0 Å². The monoisotopic (exact) mass is 206 g/mol. The van der Waals surface area contributed by atoms with E-state index >= 15 is 0 Å². The lowest BCUT2D eigenvalue weighted by Crippen LogP contribution is -2.14. The highest BCUT2D eigenvalue weighted by Crippen LogP contribution is 2.04. The molecular weight excluding hydrogens is 192 g/mol. The van der Waals surface area contributed by atoms with Crippen LogP contribution in [0.25, 0.3) is 0 Å². The second kappa shape index (κ2) is 6.54. The van der Waals surface area contributed by atoms with Crippen molar-refractivity contribution in [3.8, 4) is 0 Å². The van der Waals surface area contributed by atoms with E-state index in [9.17, 15) is 9.59 Å². The first-order chi connectivity index (χ1) is 7.10. The topological polar surface area (TPSA) is 43.4 Å². The van der Waals surface area contributed by atoms with Crippen LogP contribution < -0.4 is 0 Å². The third-order valence-corrected chi connectivity index (χ3v) is 1.72. The normalized spacial score (nSPS) is 11.9. The summed E-state index contributed by atoms with van der Waals surface area (Å²) in [6.45, 7) is 10.2. The third-order valence-electron chi connectivity index (χ3n) is 1.72. The van der Waals surface area contributed by atoms with Crippen molar-refractivity contribution in [2.45, 2.75) is 13.8 Å².